The van der Waals surface area contributed by atoms with E-state index >= 15 is 0 Å². The first-order chi connectivity index (χ1) is 10.1. The monoisotopic (exact) mass is 311 g/mol. The van der Waals surface area contributed by atoms with Crippen molar-refractivity contribution in [2.75, 3.05) is 12.4 Å². The molecule has 0 saturated carbocycles. The number of hydrogen-bond acceptors (Lipinski definition) is 3. The lowest BCUT2D eigenvalue weighted by Gasteiger charge is -2.08. The second-order valence-corrected chi connectivity index (χ2v) is 5.38. The van der Waals surface area contributed by atoms with Crippen LogP contribution in [0, 0.1) is 0 Å². The van der Waals surface area contributed by atoms with Gasteiger partial charge in [0.25, 0.3) is 0 Å². The molecule has 6 nitrogen and oxygen atoms in total. The lowest BCUT2D eigenvalue weighted by atomic mass is 10.2. The second-order valence-electron chi connectivity index (χ2n) is 5.00. The Morgan fingerprint density at radius 3 is 2.71 bits per heavy atom. The largest absolute Gasteiger partial charge is 0.355 e. The molecule has 0 unspecified atom stereocenters. The Hall–Kier alpha value is -1.56. The van der Waals surface area contributed by atoms with Crippen molar-refractivity contribution in [3.8, 4) is 0 Å². The van der Waals surface area contributed by atoms with Crippen LogP contribution in [0.1, 0.15) is 31.8 Å². The van der Waals surface area contributed by atoms with E-state index in [0.717, 1.165) is 35.5 Å². The lowest BCUT2D eigenvalue weighted by Crippen LogP contribution is -2.28. The third kappa shape index (κ3) is 3.20. The van der Waals surface area contributed by atoms with Gasteiger partial charge in [-0.3, -0.25) is 9.48 Å². The van der Waals surface area contributed by atoms with E-state index in [4.69, 9.17) is 11.6 Å². The number of halogens is 1. The molecule has 0 aromatic carbocycles. The van der Waals surface area contributed by atoms with Gasteiger partial charge in [0.1, 0.15) is 17.9 Å². The highest BCUT2D eigenvalue weighted by molar-refractivity contribution is 6.17. The van der Waals surface area contributed by atoms with Crippen molar-refractivity contribution in [3.63, 3.8) is 0 Å². The van der Waals surface area contributed by atoms with Gasteiger partial charge in [-0.1, -0.05) is 13.3 Å². The molecule has 0 aliphatic heterocycles. The molecule has 0 radical (unpaired) electrons. The first-order valence-corrected chi connectivity index (χ1v) is 7.89. The first-order valence-electron chi connectivity index (χ1n) is 7.35. The molecule has 116 valence electrons. The van der Waals surface area contributed by atoms with Gasteiger partial charge in [-0.2, -0.15) is 5.10 Å². The van der Waals surface area contributed by atoms with Gasteiger partial charge in [0, 0.05) is 25.9 Å². The molecule has 0 atom stereocenters. The number of amides is 1. The number of nitrogens with zero attached hydrogens (tertiary/aromatic N) is 4. The SMILES string of the molecule is CCCc1nn(C)c2c1nc(CCCl)n2CC(=O)NCC. The summed E-state index contributed by atoms with van der Waals surface area (Å²) in [6.45, 7) is 4.89. The minimum Gasteiger partial charge on any atom is -0.355 e. The topological polar surface area (TPSA) is 64.7 Å². The summed E-state index contributed by atoms with van der Waals surface area (Å²) in [5.41, 5.74) is 2.77. The second kappa shape index (κ2) is 6.93. The Balaban J connectivity index is 2.48. The number of aryl methyl sites for hydroxylation is 3. The van der Waals surface area contributed by atoms with E-state index in [1.54, 1.807) is 0 Å². The predicted molar refractivity (Wildman–Crippen MR) is 83.6 cm³/mol. The minimum absolute atomic E-state index is 0.0223. The molecule has 2 aromatic rings. The van der Waals surface area contributed by atoms with E-state index < -0.39 is 0 Å². The number of hydrogen-bond donors (Lipinski definition) is 1. The summed E-state index contributed by atoms with van der Waals surface area (Å²) in [6, 6.07) is 0. The van der Waals surface area contributed by atoms with Crippen LogP contribution in [0.15, 0.2) is 0 Å². The van der Waals surface area contributed by atoms with Crippen molar-refractivity contribution >= 4 is 28.7 Å². The normalized spacial score (nSPS) is 11.2. The number of alkyl halides is 1. The zero-order chi connectivity index (χ0) is 15.4. The molecule has 0 saturated heterocycles. The van der Waals surface area contributed by atoms with Gasteiger partial charge in [0.15, 0.2) is 5.65 Å². The van der Waals surface area contributed by atoms with Gasteiger partial charge in [0.05, 0.1) is 5.69 Å². The number of fused-ring (bicyclic) bond motifs is 1. The molecule has 1 amide bonds. The molecule has 7 heteroatoms. The van der Waals surface area contributed by atoms with E-state index in [9.17, 15) is 4.79 Å². The van der Waals surface area contributed by atoms with Crippen molar-refractivity contribution in [1.82, 2.24) is 24.6 Å². The van der Waals surface area contributed by atoms with Crippen molar-refractivity contribution < 1.29 is 4.79 Å². The van der Waals surface area contributed by atoms with E-state index in [1.807, 2.05) is 23.2 Å². The standard InChI is InChI=1S/C14H22ClN5O/c1-4-6-10-13-14(19(3)18-10)20(9-12(21)16-5-2)11(17-13)7-8-15/h4-9H2,1-3H3,(H,16,21). The van der Waals surface area contributed by atoms with Crippen LogP contribution in [0.5, 0.6) is 0 Å². The number of rotatable bonds is 7. The van der Waals surface area contributed by atoms with E-state index in [-0.39, 0.29) is 12.5 Å². The van der Waals surface area contributed by atoms with Crippen LogP contribution in [0.3, 0.4) is 0 Å². The highest BCUT2D eigenvalue weighted by Crippen LogP contribution is 2.21. The number of carbonyl (C=O) groups is 1. The van der Waals surface area contributed by atoms with E-state index in [1.165, 1.54) is 0 Å². The molecule has 0 bridgehead atoms. The Morgan fingerprint density at radius 2 is 2.10 bits per heavy atom. The highest BCUT2D eigenvalue weighted by Gasteiger charge is 2.19. The number of aromatic nitrogens is 4. The van der Waals surface area contributed by atoms with Crippen LogP contribution in [0.2, 0.25) is 0 Å². The Labute approximate surface area is 129 Å². The number of nitrogens with one attached hydrogen (secondary N) is 1. The maximum Gasteiger partial charge on any atom is 0.240 e. The average Bonchev–Trinajstić information content (AvgIpc) is 2.91. The third-order valence-electron chi connectivity index (χ3n) is 3.35. The molecular weight excluding hydrogens is 290 g/mol. The highest BCUT2D eigenvalue weighted by atomic mass is 35.5. The van der Waals surface area contributed by atoms with Crippen molar-refractivity contribution in [3.05, 3.63) is 11.5 Å². The molecule has 1 N–H and O–H groups in total. The Kier molecular flexibility index (Phi) is 5.22. The van der Waals surface area contributed by atoms with E-state index in [0.29, 0.717) is 18.8 Å². The van der Waals surface area contributed by atoms with Crippen LogP contribution < -0.4 is 5.32 Å². The van der Waals surface area contributed by atoms with Crippen LogP contribution in [-0.2, 0) is 31.2 Å². The number of imidazole rings is 1. The number of likely N-dealkylation sites (N-methyl/N-ethyl adjacent to an activating group) is 1. The van der Waals surface area contributed by atoms with Gasteiger partial charge >= 0.3 is 0 Å². The zero-order valence-corrected chi connectivity index (χ0v) is 13.6. The zero-order valence-electron chi connectivity index (χ0n) is 12.8. The third-order valence-corrected chi connectivity index (χ3v) is 3.54. The van der Waals surface area contributed by atoms with Gasteiger partial charge in [-0.15, -0.1) is 11.6 Å². The minimum atomic E-state index is -0.0223. The maximum atomic E-state index is 11.9. The molecule has 2 aromatic heterocycles. The molecule has 2 rings (SSSR count). The fourth-order valence-electron chi connectivity index (χ4n) is 2.53. The van der Waals surface area contributed by atoms with Crippen LogP contribution in [-0.4, -0.2) is 37.7 Å². The summed E-state index contributed by atoms with van der Waals surface area (Å²) in [6.07, 6.45) is 2.54. The molecule has 0 aliphatic rings. The summed E-state index contributed by atoms with van der Waals surface area (Å²) < 4.78 is 3.74. The quantitative estimate of drug-likeness (QED) is 0.791. The molecule has 0 spiro atoms. The Morgan fingerprint density at radius 1 is 1.33 bits per heavy atom. The summed E-state index contributed by atoms with van der Waals surface area (Å²) in [4.78, 5) is 16.6. The van der Waals surface area contributed by atoms with Crippen LogP contribution in [0.25, 0.3) is 11.2 Å². The van der Waals surface area contributed by atoms with Crippen LogP contribution >= 0.6 is 11.6 Å². The summed E-state index contributed by atoms with van der Waals surface area (Å²) in [5, 5.41) is 7.34. The van der Waals surface area contributed by atoms with Gasteiger partial charge in [0.2, 0.25) is 5.91 Å². The van der Waals surface area contributed by atoms with Crippen LogP contribution in [0.4, 0.5) is 0 Å². The van der Waals surface area contributed by atoms with Gasteiger partial charge in [-0.25, -0.2) is 4.98 Å². The maximum absolute atomic E-state index is 11.9. The molecule has 0 fully saturated rings. The van der Waals surface area contributed by atoms with Crippen molar-refractivity contribution in [1.29, 1.82) is 0 Å². The molecular formula is C14H22ClN5O. The molecule has 2 heterocycles. The average molecular weight is 312 g/mol. The lowest BCUT2D eigenvalue weighted by molar-refractivity contribution is -0.121. The number of carbonyl (C=O) groups excluding carboxylic acids is 1. The van der Waals surface area contributed by atoms with Gasteiger partial charge < -0.3 is 9.88 Å². The van der Waals surface area contributed by atoms with Crippen molar-refractivity contribution in [2.24, 2.45) is 7.05 Å². The summed E-state index contributed by atoms with van der Waals surface area (Å²) in [5.74, 6) is 1.30. The predicted octanol–water partition coefficient (Wildman–Crippen LogP) is 1.64. The fourth-order valence-corrected chi connectivity index (χ4v) is 2.70. The van der Waals surface area contributed by atoms with Gasteiger partial charge in [-0.05, 0) is 13.3 Å². The molecule has 0 aliphatic carbocycles. The van der Waals surface area contributed by atoms with E-state index in [2.05, 4.69) is 22.3 Å². The molecule has 21 heavy (non-hydrogen) atoms. The summed E-state index contributed by atoms with van der Waals surface area (Å²) >= 11 is 5.86. The smallest absolute Gasteiger partial charge is 0.240 e. The Bertz CT molecular complexity index is 631. The fraction of sp³-hybridized carbons (Fsp3) is 0.643. The first kappa shape index (κ1) is 15.8. The van der Waals surface area contributed by atoms with Crippen molar-refractivity contribution in [2.45, 2.75) is 39.7 Å². The summed E-state index contributed by atoms with van der Waals surface area (Å²) in [7, 11) is 1.89.